The van der Waals surface area contributed by atoms with Crippen molar-refractivity contribution in [1.82, 2.24) is 34.6 Å². The van der Waals surface area contributed by atoms with Crippen LogP contribution in [-0.2, 0) is 38.2 Å². The Morgan fingerprint density at radius 3 is 1.29 bits per heavy atom. The molecule has 3 rings (SSSR count). The molecule has 16 nitrogen and oxygen atoms in total. The van der Waals surface area contributed by atoms with Crippen LogP contribution in [0.4, 0.5) is 0 Å². The van der Waals surface area contributed by atoms with E-state index in [9.17, 15) is 44.1 Å². The molecule has 0 aliphatic rings. The predicted molar refractivity (Wildman–Crippen MR) is 151 cm³/mol. The third-order valence-corrected chi connectivity index (χ3v) is 6.79. The number of aromatic nitrogens is 3. The maximum Gasteiger partial charge on any atom is 3.00 e. The van der Waals surface area contributed by atoms with Crippen molar-refractivity contribution in [1.29, 1.82) is 0 Å². The fourth-order valence-corrected chi connectivity index (χ4v) is 4.27. The first kappa shape index (κ1) is 36.3. The SMILES string of the molecule is CC(CNC(=O)c1cc([O-])c(=O)n(C)c1)N(CCNC(=O)c1cc([O-])c(=O)n(C)c1)CCNC(=O)c1cc([O-])c(=O)n(C)c1.[Fe+3]. The van der Waals surface area contributed by atoms with Crippen LogP contribution in [0.1, 0.15) is 38.0 Å². The molecule has 3 amide bonds. The number of nitrogens with one attached hydrogen (secondary N) is 3. The summed E-state index contributed by atoms with van der Waals surface area (Å²) in [4.78, 5) is 74.7. The number of pyridine rings is 3. The molecule has 3 N–H and O–H groups in total. The number of nitrogens with zero attached hydrogens (tertiary/aromatic N) is 4. The summed E-state index contributed by atoms with van der Waals surface area (Å²) in [5, 5.41) is 43.4. The second kappa shape index (κ2) is 15.7. The Hall–Kier alpha value is -4.86. The van der Waals surface area contributed by atoms with Gasteiger partial charge >= 0.3 is 17.1 Å². The van der Waals surface area contributed by atoms with Gasteiger partial charge in [0.2, 0.25) is 16.7 Å². The summed E-state index contributed by atoms with van der Waals surface area (Å²) < 4.78 is 3.04. The molecule has 0 aliphatic carbocycles. The van der Waals surface area contributed by atoms with Gasteiger partial charge in [-0.15, -0.1) is 0 Å². The molecule has 3 aromatic heterocycles. The van der Waals surface area contributed by atoms with E-state index in [1.807, 2.05) is 4.90 Å². The number of carbonyl (C=O) groups excluding carboxylic acids is 3. The van der Waals surface area contributed by atoms with Gasteiger partial charge in [0.25, 0.3) is 17.7 Å². The summed E-state index contributed by atoms with van der Waals surface area (Å²) in [6.45, 7) is 2.48. The van der Waals surface area contributed by atoms with Crippen molar-refractivity contribution >= 4 is 17.7 Å². The van der Waals surface area contributed by atoms with Crippen LogP contribution in [0.2, 0.25) is 0 Å². The van der Waals surface area contributed by atoms with Gasteiger partial charge in [-0.1, -0.05) is 18.2 Å². The van der Waals surface area contributed by atoms with Crippen molar-refractivity contribution in [3.05, 3.63) is 84.5 Å². The van der Waals surface area contributed by atoms with Crippen LogP contribution in [0.5, 0.6) is 17.2 Å². The third kappa shape index (κ3) is 9.31. The van der Waals surface area contributed by atoms with Gasteiger partial charge in [-0.3, -0.25) is 33.7 Å². The van der Waals surface area contributed by atoms with Crippen LogP contribution in [0.15, 0.2) is 51.2 Å². The largest absolute Gasteiger partial charge is 3.00 e. The molecule has 0 spiro atoms. The van der Waals surface area contributed by atoms with Crippen LogP contribution < -0.4 is 47.9 Å². The molecule has 241 valence electrons. The summed E-state index contributed by atoms with van der Waals surface area (Å²) >= 11 is 0. The van der Waals surface area contributed by atoms with Gasteiger partial charge in [0.1, 0.15) is 0 Å². The van der Waals surface area contributed by atoms with Crippen LogP contribution >= 0.6 is 0 Å². The molecule has 0 fully saturated rings. The second-order valence-corrected chi connectivity index (χ2v) is 10.1. The van der Waals surface area contributed by atoms with E-state index >= 15 is 0 Å². The zero-order valence-corrected chi connectivity index (χ0v) is 26.0. The van der Waals surface area contributed by atoms with Crippen molar-refractivity contribution in [2.45, 2.75) is 13.0 Å². The summed E-state index contributed by atoms with van der Waals surface area (Å²) in [6.07, 6.45) is 3.72. The van der Waals surface area contributed by atoms with E-state index in [0.29, 0.717) is 0 Å². The number of amides is 3. The van der Waals surface area contributed by atoms with Gasteiger partial charge in [-0.05, 0) is 24.2 Å². The normalized spacial score (nSPS) is 11.4. The first-order valence-electron chi connectivity index (χ1n) is 13.4. The average molecular weight is 666 g/mol. The molecule has 1 radical (unpaired) electrons. The molecule has 0 aromatic carbocycles. The zero-order chi connectivity index (χ0) is 32.7. The van der Waals surface area contributed by atoms with E-state index < -0.39 is 51.6 Å². The molecule has 0 aliphatic heterocycles. The first-order chi connectivity index (χ1) is 20.7. The Morgan fingerprint density at radius 2 is 0.978 bits per heavy atom. The van der Waals surface area contributed by atoms with E-state index in [4.69, 9.17) is 0 Å². The molecule has 3 aromatic rings. The minimum Gasteiger partial charge on any atom is -0.869 e. The Balaban J connectivity index is 0.00000705. The fraction of sp³-hybridized carbons (Fsp3) is 0.357. The quantitative estimate of drug-likeness (QED) is 0.160. The fourth-order valence-electron chi connectivity index (χ4n) is 4.27. The van der Waals surface area contributed by atoms with E-state index in [1.165, 1.54) is 39.7 Å². The van der Waals surface area contributed by atoms with E-state index in [0.717, 1.165) is 31.9 Å². The third-order valence-electron chi connectivity index (χ3n) is 6.79. The van der Waals surface area contributed by atoms with Crippen LogP contribution in [0.3, 0.4) is 0 Å². The predicted octanol–water partition coefficient (Wildman–Crippen LogP) is -3.72. The minimum absolute atomic E-state index is 0. The van der Waals surface area contributed by atoms with E-state index in [-0.39, 0.29) is 72.5 Å². The maximum absolute atomic E-state index is 12.7. The van der Waals surface area contributed by atoms with Gasteiger partial charge in [0.05, 0.1) is 16.7 Å². The minimum atomic E-state index is -0.827. The van der Waals surface area contributed by atoms with E-state index in [2.05, 4.69) is 16.0 Å². The molecule has 0 saturated carbocycles. The molecular weight excluding hydrogens is 634 g/mol. The zero-order valence-electron chi connectivity index (χ0n) is 24.9. The topological polar surface area (TPSA) is 226 Å². The van der Waals surface area contributed by atoms with Crippen LogP contribution in [0.25, 0.3) is 0 Å². The number of rotatable bonds is 12. The second-order valence-electron chi connectivity index (χ2n) is 10.1. The Morgan fingerprint density at radius 1 is 0.667 bits per heavy atom. The van der Waals surface area contributed by atoms with Gasteiger partial charge in [0.15, 0.2) is 0 Å². The van der Waals surface area contributed by atoms with Crippen molar-refractivity contribution in [2.75, 3.05) is 32.7 Å². The summed E-state index contributed by atoms with van der Waals surface area (Å²) in [6, 6.07) is 2.47. The molecular formula is C28H32FeN7O9. The summed E-state index contributed by atoms with van der Waals surface area (Å²) in [5.41, 5.74) is -2.29. The average Bonchev–Trinajstić information content (AvgIpc) is 2.97. The van der Waals surface area contributed by atoms with E-state index in [1.54, 1.807) is 6.92 Å². The number of aryl methyl sites for hydroxylation is 3. The van der Waals surface area contributed by atoms with Gasteiger partial charge in [0, 0.05) is 78.5 Å². The Labute approximate surface area is 267 Å². The molecule has 0 bridgehead atoms. The van der Waals surface area contributed by atoms with Crippen molar-refractivity contribution in [3.8, 4) is 17.2 Å². The monoisotopic (exact) mass is 666 g/mol. The van der Waals surface area contributed by atoms with Gasteiger partial charge in [-0.2, -0.15) is 0 Å². The molecule has 3 heterocycles. The number of carbonyl (C=O) groups is 3. The van der Waals surface area contributed by atoms with Crippen LogP contribution in [0, 0.1) is 0 Å². The Kier molecular flexibility index (Phi) is 12.7. The molecule has 1 atom stereocenters. The van der Waals surface area contributed by atoms with Crippen molar-refractivity contribution in [3.63, 3.8) is 0 Å². The first-order valence-corrected chi connectivity index (χ1v) is 13.4. The van der Waals surface area contributed by atoms with Crippen molar-refractivity contribution < 1.29 is 46.8 Å². The molecule has 17 heteroatoms. The number of hydrogen-bond acceptors (Lipinski definition) is 10. The Bertz CT molecular complexity index is 1590. The van der Waals surface area contributed by atoms with Gasteiger partial charge in [-0.25, -0.2) is 0 Å². The van der Waals surface area contributed by atoms with Gasteiger partial charge < -0.3 is 45.0 Å². The molecule has 1 unspecified atom stereocenters. The number of hydrogen-bond donors (Lipinski definition) is 3. The smallest absolute Gasteiger partial charge is 0.869 e. The maximum atomic E-state index is 12.7. The molecule has 45 heavy (non-hydrogen) atoms. The van der Waals surface area contributed by atoms with Crippen molar-refractivity contribution in [2.24, 2.45) is 21.1 Å². The summed E-state index contributed by atoms with van der Waals surface area (Å²) in [5.74, 6) is -4.24. The standard InChI is InChI=1S/C28H35N7O9.Fe/c1-16(12-31-25(41)19-11-22(38)28(44)34(4)15-19)35(7-5-29-23(39)17-9-20(36)26(42)32(2)13-17)8-6-30-24(40)18-10-21(37)27(43)33(3)14-18;/h9-11,13-16,36-38H,5-8,12H2,1-4H3,(H,29,39)(H,30,40)(H,31,41);/q;+3/p-3. The molecule has 0 saturated heterocycles. The van der Waals surface area contributed by atoms with Crippen LogP contribution in [-0.4, -0.2) is 75.1 Å². The summed E-state index contributed by atoms with van der Waals surface area (Å²) in [7, 11) is 4.06.